The monoisotopic (exact) mass is 492 g/mol. The third-order valence-corrected chi connectivity index (χ3v) is 9.76. The molecule has 10 heteroatoms. The average Bonchev–Trinajstić information content (AvgIpc) is 3.46. The summed E-state index contributed by atoms with van der Waals surface area (Å²) >= 11 is 0. The van der Waals surface area contributed by atoms with Gasteiger partial charge in [0, 0.05) is 31.8 Å². The summed E-state index contributed by atoms with van der Waals surface area (Å²) in [5.41, 5.74) is 0.849. The molecule has 0 unspecified atom stereocenters. The second-order valence-corrected chi connectivity index (χ2v) is 12.7. The van der Waals surface area contributed by atoms with Crippen LogP contribution in [0.2, 0.25) is 0 Å². The molecule has 8 nitrogen and oxygen atoms in total. The summed E-state index contributed by atoms with van der Waals surface area (Å²) in [6.07, 6.45) is 2.02. The number of sulfonamides is 1. The Kier molecular flexibility index (Phi) is 6.78. The van der Waals surface area contributed by atoms with E-state index in [0.717, 1.165) is 12.8 Å². The number of rotatable bonds is 7. The summed E-state index contributed by atoms with van der Waals surface area (Å²) in [7, 11) is -5.49. The Bertz CT molecular complexity index is 1190. The molecule has 33 heavy (non-hydrogen) atoms. The number of hydrogen-bond donors (Lipinski definition) is 0. The van der Waals surface area contributed by atoms with Gasteiger partial charge in [-0.05, 0) is 55.7 Å². The van der Waals surface area contributed by atoms with E-state index in [0.29, 0.717) is 30.8 Å². The number of hydrogen-bond acceptors (Lipinski definition) is 6. The minimum atomic E-state index is -3.80. The molecule has 0 bridgehead atoms. The highest BCUT2D eigenvalue weighted by Crippen LogP contribution is 2.25. The van der Waals surface area contributed by atoms with Gasteiger partial charge in [0.1, 0.15) is 0 Å². The van der Waals surface area contributed by atoms with Gasteiger partial charge in [-0.25, -0.2) is 16.8 Å². The molecule has 0 radical (unpaired) electrons. The van der Waals surface area contributed by atoms with Crippen LogP contribution >= 0.6 is 0 Å². The fourth-order valence-corrected chi connectivity index (χ4v) is 7.22. The smallest absolute Gasteiger partial charge is 0.264 e. The Morgan fingerprint density at radius 1 is 1.06 bits per heavy atom. The Balaban J connectivity index is 1.56. The van der Waals surface area contributed by atoms with Crippen LogP contribution in [0.25, 0.3) is 0 Å². The Labute approximate surface area is 195 Å². The number of ether oxygens (including phenoxy) is 1. The third-order valence-electron chi connectivity index (χ3n) is 6.21. The number of para-hydroxylation sites is 1. The number of carbonyl (C=O) groups is 1. The van der Waals surface area contributed by atoms with Crippen LogP contribution in [0.5, 0.6) is 0 Å². The van der Waals surface area contributed by atoms with Crippen molar-refractivity contribution >= 4 is 31.5 Å². The van der Waals surface area contributed by atoms with Crippen LogP contribution < -0.4 is 4.31 Å². The first kappa shape index (κ1) is 23.7. The average molecular weight is 493 g/mol. The molecule has 2 aliphatic rings. The van der Waals surface area contributed by atoms with E-state index in [9.17, 15) is 21.6 Å². The van der Waals surface area contributed by atoms with Crippen LogP contribution in [0.15, 0.2) is 59.5 Å². The van der Waals surface area contributed by atoms with E-state index in [-0.39, 0.29) is 28.4 Å². The number of sulfone groups is 1. The van der Waals surface area contributed by atoms with Crippen molar-refractivity contribution in [1.29, 1.82) is 0 Å². The van der Waals surface area contributed by atoms with Crippen molar-refractivity contribution < 1.29 is 26.4 Å². The van der Waals surface area contributed by atoms with Gasteiger partial charge in [0.15, 0.2) is 9.84 Å². The fourth-order valence-electron chi connectivity index (χ4n) is 4.30. The predicted octanol–water partition coefficient (Wildman–Crippen LogP) is 2.32. The van der Waals surface area contributed by atoms with Gasteiger partial charge in [-0.15, -0.1) is 0 Å². The van der Waals surface area contributed by atoms with Gasteiger partial charge in [0.2, 0.25) is 0 Å². The normalized spacial score (nSPS) is 22.2. The molecule has 2 heterocycles. The minimum absolute atomic E-state index is 0.0558. The van der Waals surface area contributed by atoms with Crippen molar-refractivity contribution in [2.24, 2.45) is 0 Å². The molecular formula is C23H28N2O6S2. The highest BCUT2D eigenvalue weighted by molar-refractivity contribution is 7.92. The highest BCUT2D eigenvalue weighted by Gasteiger charge is 2.37. The van der Waals surface area contributed by atoms with Crippen LogP contribution in [0.3, 0.4) is 0 Å². The van der Waals surface area contributed by atoms with E-state index in [1.807, 2.05) is 6.07 Å². The van der Waals surface area contributed by atoms with Crippen molar-refractivity contribution in [3.05, 3.63) is 60.2 Å². The van der Waals surface area contributed by atoms with Crippen LogP contribution in [-0.4, -0.2) is 71.5 Å². The van der Waals surface area contributed by atoms with Crippen molar-refractivity contribution in [2.75, 3.05) is 36.0 Å². The number of carbonyl (C=O) groups excluding carboxylic acids is 1. The Morgan fingerprint density at radius 3 is 2.33 bits per heavy atom. The number of nitrogens with zero attached hydrogens (tertiary/aromatic N) is 2. The molecule has 0 aromatic heterocycles. The van der Waals surface area contributed by atoms with Crippen LogP contribution in [0.4, 0.5) is 5.69 Å². The zero-order chi connectivity index (χ0) is 23.6. The second-order valence-electron chi connectivity index (χ2n) is 8.48. The van der Waals surface area contributed by atoms with E-state index in [1.54, 1.807) is 29.2 Å². The van der Waals surface area contributed by atoms with Gasteiger partial charge >= 0.3 is 0 Å². The first-order valence-electron chi connectivity index (χ1n) is 10.9. The van der Waals surface area contributed by atoms with E-state index in [2.05, 4.69) is 0 Å². The Hall–Kier alpha value is -2.43. The molecule has 2 aliphatic heterocycles. The minimum Gasteiger partial charge on any atom is -0.376 e. The number of benzene rings is 2. The lowest BCUT2D eigenvalue weighted by Gasteiger charge is -2.30. The number of amides is 1. The zero-order valence-corrected chi connectivity index (χ0v) is 20.1. The largest absolute Gasteiger partial charge is 0.376 e. The summed E-state index contributed by atoms with van der Waals surface area (Å²) in [6.45, 7) is 0.965. The van der Waals surface area contributed by atoms with Gasteiger partial charge in [-0.1, -0.05) is 18.2 Å². The van der Waals surface area contributed by atoms with Crippen molar-refractivity contribution in [3.63, 3.8) is 0 Å². The summed E-state index contributed by atoms with van der Waals surface area (Å²) in [6, 6.07) is 14.1. The molecule has 2 fully saturated rings. The Morgan fingerprint density at radius 2 is 1.76 bits per heavy atom. The van der Waals surface area contributed by atoms with E-state index in [1.165, 1.54) is 35.6 Å². The van der Waals surface area contributed by atoms with Gasteiger partial charge in [0.25, 0.3) is 15.9 Å². The molecule has 2 atom stereocenters. The van der Waals surface area contributed by atoms with Gasteiger partial charge in [-0.3, -0.25) is 9.10 Å². The predicted molar refractivity (Wildman–Crippen MR) is 126 cm³/mol. The summed E-state index contributed by atoms with van der Waals surface area (Å²) in [5.74, 6) is -0.302. The molecule has 178 valence electrons. The van der Waals surface area contributed by atoms with Crippen molar-refractivity contribution in [1.82, 2.24) is 4.90 Å². The number of anilines is 1. The summed E-state index contributed by atoms with van der Waals surface area (Å²) in [5, 5.41) is 0. The summed E-state index contributed by atoms with van der Waals surface area (Å²) in [4.78, 5) is 15.0. The van der Waals surface area contributed by atoms with Gasteiger partial charge < -0.3 is 9.64 Å². The zero-order valence-electron chi connectivity index (χ0n) is 18.5. The maximum atomic E-state index is 13.4. The van der Waals surface area contributed by atoms with Crippen LogP contribution in [0, 0.1) is 0 Å². The molecule has 4 rings (SSSR count). The van der Waals surface area contributed by atoms with E-state index < -0.39 is 25.9 Å². The lowest BCUT2D eigenvalue weighted by molar-refractivity contribution is 0.0441. The van der Waals surface area contributed by atoms with Gasteiger partial charge in [-0.2, -0.15) is 0 Å². The lowest BCUT2D eigenvalue weighted by Crippen LogP contribution is -2.45. The van der Waals surface area contributed by atoms with Crippen molar-refractivity contribution in [3.8, 4) is 0 Å². The first-order chi connectivity index (χ1) is 15.7. The lowest BCUT2D eigenvalue weighted by atomic mass is 10.1. The molecule has 2 aromatic carbocycles. The molecule has 2 aromatic rings. The topological polar surface area (TPSA) is 101 Å². The molecular weight excluding hydrogens is 464 g/mol. The van der Waals surface area contributed by atoms with E-state index >= 15 is 0 Å². The maximum absolute atomic E-state index is 13.4. The molecule has 2 saturated heterocycles. The van der Waals surface area contributed by atoms with Crippen molar-refractivity contribution in [2.45, 2.75) is 36.3 Å². The van der Waals surface area contributed by atoms with Crippen LogP contribution in [0.1, 0.15) is 29.6 Å². The SMILES string of the molecule is CN(c1ccccc1)S(=O)(=O)c1ccc(C(=O)N(C[C@H]2CCCO2)[C@@H]2CCS(=O)(=O)C2)cc1. The van der Waals surface area contributed by atoms with Gasteiger partial charge in [0.05, 0.1) is 28.2 Å². The van der Waals surface area contributed by atoms with E-state index in [4.69, 9.17) is 4.74 Å². The standard InChI is InChI=1S/C23H28N2O6S2/c1-24(19-6-3-2-4-7-19)33(29,30)22-11-9-18(10-12-22)23(26)25(16-21-8-5-14-31-21)20-13-15-32(27,28)17-20/h2-4,6-7,9-12,20-21H,5,8,13-17H2,1H3/t20-,21-/m1/s1. The molecule has 1 amide bonds. The first-order valence-corrected chi connectivity index (χ1v) is 14.2. The molecule has 0 aliphatic carbocycles. The molecule has 0 spiro atoms. The summed E-state index contributed by atoms with van der Waals surface area (Å²) < 4.78 is 57.0. The fraction of sp³-hybridized carbons (Fsp3) is 0.435. The quantitative estimate of drug-likeness (QED) is 0.588. The third kappa shape index (κ3) is 5.23. The molecule has 0 saturated carbocycles. The second kappa shape index (κ2) is 9.44. The van der Waals surface area contributed by atoms with Crippen LogP contribution in [-0.2, 0) is 24.6 Å². The molecule has 0 N–H and O–H groups in total. The maximum Gasteiger partial charge on any atom is 0.264 e. The highest BCUT2D eigenvalue weighted by atomic mass is 32.2.